The van der Waals surface area contributed by atoms with Gasteiger partial charge in [0.15, 0.2) is 18.1 Å². The Morgan fingerprint density at radius 2 is 2.04 bits per heavy atom. The van der Waals surface area contributed by atoms with Crippen LogP contribution in [0.25, 0.3) is 0 Å². The van der Waals surface area contributed by atoms with Gasteiger partial charge in [0.05, 0.1) is 10.7 Å². The second-order valence-electron chi connectivity index (χ2n) is 5.69. The molecule has 1 aromatic carbocycles. The molecular weight excluding hydrogens is 452 g/mol. The maximum atomic E-state index is 12.4. The van der Waals surface area contributed by atoms with Crippen molar-refractivity contribution in [1.82, 2.24) is 24.9 Å². The van der Waals surface area contributed by atoms with Crippen LogP contribution in [0.5, 0.6) is 5.75 Å². The average molecular weight is 468 g/mol. The largest absolute Gasteiger partial charge is 0.470 e. The first-order valence-electron chi connectivity index (χ1n) is 8.05. The Morgan fingerprint density at radius 3 is 2.75 bits per heavy atom. The van der Waals surface area contributed by atoms with E-state index >= 15 is 0 Å². The molecule has 146 valence electrons. The minimum atomic E-state index is -0.474. The summed E-state index contributed by atoms with van der Waals surface area (Å²) in [6, 6.07) is 6.79. The highest BCUT2D eigenvalue weighted by atomic mass is 79.9. The molecule has 0 aliphatic heterocycles. The van der Waals surface area contributed by atoms with Crippen molar-refractivity contribution in [1.29, 1.82) is 0 Å². The molecule has 0 spiro atoms. The number of carbonyl (C=O) groups is 2. The summed E-state index contributed by atoms with van der Waals surface area (Å²) in [7, 11) is 3.14. The van der Waals surface area contributed by atoms with Gasteiger partial charge in [0.25, 0.3) is 11.8 Å². The lowest BCUT2D eigenvalue weighted by Gasteiger charge is -2.08. The van der Waals surface area contributed by atoms with Crippen LogP contribution in [0.2, 0.25) is 5.02 Å². The quantitative estimate of drug-likeness (QED) is 0.580. The molecule has 0 saturated carbocycles. The van der Waals surface area contributed by atoms with Gasteiger partial charge in [0.2, 0.25) is 0 Å². The van der Waals surface area contributed by atoms with Crippen LogP contribution in [0.15, 0.2) is 41.1 Å². The summed E-state index contributed by atoms with van der Waals surface area (Å²) in [5.41, 5.74) is 0.572. The monoisotopic (exact) mass is 466 g/mol. The van der Waals surface area contributed by atoms with Gasteiger partial charge in [-0.3, -0.25) is 14.3 Å². The molecule has 0 fully saturated rings. The van der Waals surface area contributed by atoms with E-state index in [1.54, 1.807) is 31.4 Å². The van der Waals surface area contributed by atoms with E-state index in [0.717, 1.165) is 4.47 Å². The van der Waals surface area contributed by atoms with E-state index in [2.05, 4.69) is 36.8 Å². The summed E-state index contributed by atoms with van der Waals surface area (Å²) in [6.07, 6.45) is 3.14. The van der Waals surface area contributed by atoms with Crippen molar-refractivity contribution in [3.05, 3.63) is 57.5 Å². The van der Waals surface area contributed by atoms with Crippen LogP contribution < -0.4 is 15.4 Å². The van der Waals surface area contributed by atoms with Gasteiger partial charge in [-0.1, -0.05) is 27.5 Å². The molecule has 0 aliphatic carbocycles. The fourth-order valence-corrected chi connectivity index (χ4v) is 3.06. The van der Waals surface area contributed by atoms with Crippen molar-refractivity contribution >= 4 is 45.0 Å². The average Bonchev–Trinajstić information content (AvgIpc) is 3.27. The zero-order chi connectivity index (χ0) is 20.3. The predicted octanol–water partition coefficient (Wildman–Crippen LogP) is 2.68. The summed E-state index contributed by atoms with van der Waals surface area (Å²) in [6.45, 7) is 0.0744. The van der Waals surface area contributed by atoms with Crippen LogP contribution in [-0.2, 0) is 13.8 Å². The highest BCUT2D eigenvalue weighted by Crippen LogP contribution is 2.27. The molecule has 2 heterocycles. The second-order valence-corrected chi connectivity index (χ2v) is 7.01. The number of benzene rings is 1. The summed E-state index contributed by atoms with van der Waals surface area (Å²) < 4.78 is 9.34. The van der Waals surface area contributed by atoms with E-state index in [9.17, 15) is 9.59 Å². The van der Waals surface area contributed by atoms with Crippen molar-refractivity contribution in [3.8, 4) is 5.75 Å². The Kier molecular flexibility index (Phi) is 6.00. The maximum absolute atomic E-state index is 12.4. The van der Waals surface area contributed by atoms with Crippen LogP contribution in [0.1, 0.15) is 21.0 Å². The SMILES string of the molecule is CNC(=O)c1nn(C)cc1NC(=O)c1ccn(COc2ccc(Br)cc2Cl)n1. The summed E-state index contributed by atoms with van der Waals surface area (Å²) in [5.74, 6) is -0.378. The number of carbonyl (C=O) groups excluding carboxylic acids is 2. The Hall–Kier alpha value is -2.85. The lowest BCUT2D eigenvalue weighted by molar-refractivity contribution is 0.0958. The van der Waals surface area contributed by atoms with Crippen LogP contribution in [0.3, 0.4) is 0 Å². The van der Waals surface area contributed by atoms with Gasteiger partial charge in [-0.05, 0) is 24.3 Å². The number of hydrogen-bond donors (Lipinski definition) is 2. The number of hydrogen-bond acceptors (Lipinski definition) is 5. The molecule has 2 aromatic heterocycles. The van der Waals surface area contributed by atoms with E-state index in [1.165, 1.54) is 28.7 Å². The Balaban J connectivity index is 1.67. The van der Waals surface area contributed by atoms with Gasteiger partial charge in [-0.25, -0.2) is 4.68 Å². The van der Waals surface area contributed by atoms with Gasteiger partial charge in [0.1, 0.15) is 5.75 Å². The third-order valence-corrected chi connectivity index (χ3v) is 4.43. The number of ether oxygens (including phenoxy) is 1. The minimum absolute atomic E-state index is 0.0744. The Labute approximate surface area is 173 Å². The van der Waals surface area contributed by atoms with E-state index in [4.69, 9.17) is 16.3 Å². The zero-order valence-corrected chi connectivity index (χ0v) is 17.3. The molecular formula is C17H16BrClN6O3. The van der Waals surface area contributed by atoms with E-state index in [0.29, 0.717) is 16.5 Å². The number of aromatic nitrogens is 4. The van der Waals surface area contributed by atoms with Gasteiger partial charge in [0, 0.05) is 31.0 Å². The first-order valence-corrected chi connectivity index (χ1v) is 9.23. The number of amides is 2. The molecule has 0 unspecified atom stereocenters. The van der Waals surface area contributed by atoms with Crippen LogP contribution in [0, 0.1) is 0 Å². The summed E-state index contributed by atoms with van der Waals surface area (Å²) >= 11 is 9.43. The van der Waals surface area contributed by atoms with Crippen molar-refractivity contribution in [2.75, 3.05) is 12.4 Å². The summed E-state index contributed by atoms with van der Waals surface area (Å²) in [4.78, 5) is 24.3. The van der Waals surface area contributed by atoms with Crippen LogP contribution in [0.4, 0.5) is 5.69 Å². The number of halogens is 2. The van der Waals surface area contributed by atoms with Crippen molar-refractivity contribution in [2.45, 2.75) is 6.73 Å². The maximum Gasteiger partial charge on any atom is 0.276 e. The lowest BCUT2D eigenvalue weighted by Crippen LogP contribution is -2.21. The lowest BCUT2D eigenvalue weighted by atomic mass is 10.3. The second kappa shape index (κ2) is 8.44. The van der Waals surface area contributed by atoms with E-state index in [-0.39, 0.29) is 18.1 Å². The molecule has 2 amide bonds. The smallest absolute Gasteiger partial charge is 0.276 e. The van der Waals surface area contributed by atoms with Gasteiger partial charge in [-0.15, -0.1) is 0 Å². The number of nitrogens with one attached hydrogen (secondary N) is 2. The third-order valence-electron chi connectivity index (χ3n) is 3.64. The molecule has 0 aliphatic rings. The molecule has 0 atom stereocenters. The van der Waals surface area contributed by atoms with Crippen LogP contribution in [-0.4, -0.2) is 38.4 Å². The zero-order valence-electron chi connectivity index (χ0n) is 14.9. The van der Waals surface area contributed by atoms with Crippen LogP contribution >= 0.6 is 27.5 Å². The molecule has 11 heteroatoms. The minimum Gasteiger partial charge on any atom is -0.470 e. The third kappa shape index (κ3) is 4.52. The molecule has 9 nitrogen and oxygen atoms in total. The standard InChI is InChI=1S/C17H16BrClN6O3/c1-20-17(27)15-13(8-24(2)23-15)21-16(26)12-5-6-25(22-12)9-28-14-4-3-10(18)7-11(14)19/h3-8H,9H2,1-2H3,(H,20,27)(H,21,26). The van der Waals surface area contributed by atoms with Gasteiger partial charge in [-0.2, -0.15) is 10.2 Å². The van der Waals surface area contributed by atoms with Crippen molar-refractivity contribution < 1.29 is 14.3 Å². The number of rotatable bonds is 6. The highest BCUT2D eigenvalue weighted by Gasteiger charge is 2.18. The first kappa shape index (κ1) is 19.9. The molecule has 3 aromatic rings. The topological polar surface area (TPSA) is 103 Å². The van der Waals surface area contributed by atoms with E-state index in [1.807, 2.05) is 0 Å². The molecule has 0 radical (unpaired) electrons. The highest BCUT2D eigenvalue weighted by molar-refractivity contribution is 9.10. The fourth-order valence-electron chi connectivity index (χ4n) is 2.34. The van der Waals surface area contributed by atoms with Gasteiger partial charge < -0.3 is 15.4 Å². The molecule has 0 bridgehead atoms. The number of nitrogens with zero attached hydrogens (tertiary/aromatic N) is 4. The Morgan fingerprint density at radius 1 is 1.25 bits per heavy atom. The normalized spacial score (nSPS) is 10.6. The predicted molar refractivity (Wildman–Crippen MR) is 107 cm³/mol. The fraction of sp³-hybridized carbons (Fsp3) is 0.176. The molecule has 2 N–H and O–H groups in total. The van der Waals surface area contributed by atoms with E-state index < -0.39 is 11.8 Å². The van der Waals surface area contributed by atoms with Crippen molar-refractivity contribution in [3.63, 3.8) is 0 Å². The Bertz CT molecular complexity index is 1030. The molecule has 28 heavy (non-hydrogen) atoms. The number of aryl methyl sites for hydroxylation is 1. The first-order chi connectivity index (χ1) is 13.4. The van der Waals surface area contributed by atoms with Gasteiger partial charge >= 0.3 is 0 Å². The van der Waals surface area contributed by atoms with Crippen molar-refractivity contribution in [2.24, 2.45) is 7.05 Å². The molecule has 0 saturated heterocycles. The summed E-state index contributed by atoms with van der Waals surface area (Å²) in [5, 5.41) is 13.8. The number of anilines is 1. The molecule has 3 rings (SSSR count).